The summed E-state index contributed by atoms with van der Waals surface area (Å²) in [5, 5.41) is 0. The van der Waals surface area contributed by atoms with E-state index in [0.29, 0.717) is 6.42 Å². The summed E-state index contributed by atoms with van der Waals surface area (Å²) in [6.45, 7) is 3.70. The van der Waals surface area contributed by atoms with Crippen LogP contribution >= 0.6 is 7.82 Å². The molecule has 0 aromatic heterocycles. The molecule has 0 spiro atoms. The van der Waals surface area contributed by atoms with Gasteiger partial charge in [-0.1, -0.05) is 224 Å². The molecule has 0 saturated carbocycles. The number of carbonyl (C=O) groups excluding carboxylic acids is 2. The minimum atomic E-state index is -4.37. The molecule has 0 radical (unpaired) electrons. The van der Waals surface area contributed by atoms with Crippen LogP contribution in [-0.2, 0) is 32.7 Å². The first-order valence-electron chi connectivity index (χ1n) is 25.8. The van der Waals surface area contributed by atoms with Crippen molar-refractivity contribution in [1.82, 2.24) is 0 Å². The molecule has 10 heteroatoms. The van der Waals surface area contributed by atoms with E-state index in [1.165, 1.54) is 186 Å². The van der Waals surface area contributed by atoms with Crippen LogP contribution in [0.15, 0.2) is 24.3 Å². The van der Waals surface area contributed by atoms with Crippen molar-refractivity contribution >= 4 is 19.8 Å². The fourth-order valence-corrected chi connectivity index (χ4v) is 8.26. The third kappa shape index (κ3) is 47.8. The number of unbranched alkanes of at least 4 members (excludes halogenated alkanes) is 32. The highest BCUT2D eigenvalue weighted by molar-refractivity contribution is 7.47. The Morgan fingerprint density at radius 2 is 0.852 bits per heavy atom. The number of ether oxygens (including phenoxy) is 2. The quantitative estimate of drug-likeness (QED) is 0.0265. The maximum Gasteiger partial charge on any atom is 0.472 e. The highest BCUT2D eigenvalue weighted by Gasteiger charge is 2.26. The van der Waals surface area contributed by atoms with Gasteiger partial charge >= 0.3 is 19.8 Å². The maximum absolute atomic E-state index is 12.6. The Kier molecular flexibility index (Phi) is 46.8. The number of phosphoric ester groups is 1. The van der Waals surface area contributed by atoms with Crippen LogP contribution < -0.4 is 5.73 Å². The molecule has 0 rings (SSSR count). The van der Waals surface area contributed by atoms with Crippen molar-refractivity contribution in [3.05, 3.63) is 24.3 Å². The first-order chi connectivity index (χ1) is 29.8. The average molecular weight is 884 g/mol. The Morgan fingerprint density at radius 3 is 1.25 bits per heavy atom. The lowest BCUT2D eigenvalue weighted by atomic mass is 10.0. The van der Waals surface area contributed by atoms with E-state index in [-0.39, 0.29) is 38.6 Å². The highest BCUT2D eigenvalue weighted by atomic mass is 31.2. The van der Waals surface area contributed by atoms with Crippen LogP contribution in [0, 0.1) is 0 Å². The van der Waals surface area contributed by atoms with Gasteiger partial charge in [0.05, 0.1) is 13.2 Å². The first kappa shape index (κ1) is 59.5. The summed E-state index contributed by atoms with van der Waals surface area (Å²) in [6, 6.07) is 0. The molecule has 0 amide bonds. The van der Waals surface area contributed by atoms with Gasteiger partial charge in [0, 0.05) is 19.4 Å². The number of allylic oxidation sites excluding steroid dienone is 4. The van der Waals surface area contributed by atoms with Crippen LogP contribution in [0.4, 0.5) is 0 Å². The van der Waals surface area contributed by atoms with Crippen LogP contribution in [0.1, 0.15) is 258 Å². The number of esters is 2. The van der Waals surface area contributed by atoms with Crippen molar-refractivity contribution in [3.8, 4) is 0 Å². The number of rotatable bonds is 49. The molecule has 0 bridgehead atoms. The van der Waals surface area contributed by atoms with Crippen molar-refractivity contribution in [2.45, 2.75) is 264 Å². The predicted molar refractivity (Wildman–Crippen MR) is 257 cm³/mol. The summed E-state index contributed by atoms with van der Waals surface area (Å²) in [5.41, 5.74) is 5.34. The molecule has 2 unspecified atom stereocenters. The summed E-state index contributed by atoms with van der Waals surface area (Å²) in [7, 11) is -4.37. The molecule has 0 aliphatic rings. The fraction of sp³-hybridized carbons (Fsp3) is 0.882. The lowest BCUT2D eigenvalue weighted by molar-refractivity contribution is -0.161. The normalized spacial score (nSPS) is 13.3. The van der Waals surface area contributed by atoms with Gasteiger partial charge in [0.25, 0.3) is 0 Å². The van der Waals surface area contributed by atoms with Gasteiger partial charge in [-0.15, -0.1) is 0 Å². The molecule has 0 aromatic carbocycles. The summed E-state index contributed by atoms with van der Waals surface area (Å²) in [6.07, 6.45) is 54.2. The second-order valence-electron chi connectivity index (χ2n) is 17.4. The van der Waals surface area contributed by atoms with Crippen molar-refractivity contribution < 1.29 is 37.6 Å². The Balaban J connectivity index is 3.74. The van der Waals surface area contributed by atoms with Gasteiger partial charge in [-0.3, -0.25) is 18.6 Å². The van der Waals surface area contributed by atoms with Gasteiger partial charge in [-0.25, -0.2) is 4.57 Å². The smallest absolute Gasteiger partial charge is 0.462 e. The fourth-order valence-electron chi connectivity index (χ4n) is 7.49. The van der Waals surface area contributed by atoms with Crippen LogP contribution in [-0.4, -0.2) is 49.3 Å². The lowest BCUT2D eigenvalue weighted by Crippen LogP contribution is -2.29. The first-order valence-corrected chi connectivity index (χ1v) is 27.3. The second kappa shape index (κ2) is 48.0. The van der Waals surface area contributed by atoms with E-state index in [1.807, 2.05) is 0 Å². The summed E-state index contributed by atoms with van der Waals surface area (Å²) in [5.74, 6) is -0.824. The summed E-state index contributed by atoms with van der Waals surface area (Å²) in [4.78, 5) is 34.7. The van der Waals surface area contributed by atoms with Crippen molar-refractivity contribution in [2.75, 3.05) is 26.4 Å². The van der Waals surface area contributed by atoms with Gasteiger partial charge < -0.3 is 20.1 Å². The van der Waals surface area contributed by atoms with Gasteiger partial charge in [-0.2, -0.15) is 0 Å². The van der Waals surface area contributed by atoms with Crippen LogP contribution in [0.25, 0.3) is 0 Å². The zero-order chi connectivity index (χ0) is 44.6. The van der Waals surface area contributed by atoms with E-state index in [4.69, 9.17) is 24.3 Å². The van der Waals surface area contributed by atoms with Crippen molar-refractivity contribution in [3.63, 3.8) is 0 Å². The Hall–Kier alpha value is -1.51. The van der Waals surface area contributed by atoms with Gasteiger partial charge in [0.15, 0.2) is 6.10 Å². The van der Waals surface area contributed by atoms with Crippen molar-refractivity contribution in [1.29, 1.82) is 0 Å². The standard InChI is InChI=1S/C51H98NO8P/c1-3-5-7-9-11-12-13-14-15-16-17-18-19-20-21-22-23-24-25-26-27-28-29-30-31-32-33-34-35-36-38-40-42-44-51(54)60-49(48-59-61(55,56)58-46-45-52)47-57-50(53)43-41-39-37-10-8-6-4-2/h13-14,16-17,49H,3-12,15,18-48,52H2,1-2H3,(H,55,56)/b14-13-,17-16-. The molecule has 0 heterocycles. The van der Waals surface area contributed by atoms with Gasteiger partial charge in [-0.05, 0) is 44.9 Å². The average Bonchev–Trinajstić information content (AvgIpc) is 3.25. The highest BCUT2D eigenvalue weighted by Crippen LogP contribution is 2.43. The van der Waals surface area contributed by atoms with Crippen LogP contribution in [0.5, 0.6) is 0 Å². The minimum Gasteiger partial charge on any atom is -0.462 e. The van der Waals surface area contributed by atoms with Gasteiger partial charge in [0.2, 0.25) is 0 Å². The topological polar surface area (TPSA) is 134 Å². The molecule has 360 valence electrons. The van der Waals surface area contributed by atoms with Crippen LogP contribution in [0.3, 0.4) is 0 Å². The Morgan fingerprint density at radius 1 is 0.492 bits per heavy atom. The molecule has 2 atom stereocenters. The summed E-state index contributed by atoms with van der Waals surface area (Å²) >= 11 is 0. The van der Waals surface area contributed by atoms with E-state index >= 15 is 0 Å². The molecule has 0 aliphatic carbocycles. The maximum atomic E-state index is 12.6. The zero-order valence-electron chi connectivity index (χ0n) is 39.9. The van der Waals surface area contributed by atoms with E-state index < -0.39 is 26.5 Å². The molecule has 0 fully saturated rings. The molecule has 9 nitrogen and oxygen atoms in total. The van der Waals surface area contributed by atoms with Crippen molar-refractivity contribution in [2.24, 2.45) is 5.73 Å². The van der Waals surface area contributed by atoms with E-state index in [2.05, 4.69) is 38.2 Å². The Labute approximate surface area is 376 Å². The van der Waals surface area contributed by atoms with Gasteiger partial charge in [0.1, 0.15) is 6.61 Å². The lowest BCUT2D eigenvalue weighted by Gasteiger charge is -2.19. The number of nitrogens with two attached hydrogens (primary N) is 1. The second-order valence-corrected chi connectivity index (χ2v) is 18.9. The minimum absolute atomic E-state index is 0.0562. The molecule has 0 aromatic rings. The van der Waals surface area contributed by atoms with E-state index in [0.717, 1.165) is 38.5 Å². The molecule has 0 saturated heterocycles. The molecular weight excluding hydrogens is 786 g/mol. The molecular formula is C51H98NO8P. The number of hydrogen-bond acceptors (Lipinski definition) is 8. The van der Waals surface area contributed by atoms with Crippen LogP contribution in [0.2, 0.25) is 0 Å². The van der Waals surface area contributed by atoms with E-state index in [9.17, 15) is 19.0 Å². The third-order valence-electron chi connectivity index (χ3n) is 11.3. The largest absolute Gasteiger partial charge is 0.472 e. The monoisotopic (exact) mass is 884 g/mol. The number of carbonyl (C=O) groups is 2. The Bertz CT molecular complexity index is 1050. The van der Waals surface area contributed by atoms with E-state index in [1.54, 1.807) is 0 Å². The molecule has 61 heavy (non-hydrogen) atoms. The summed E-state index contributed by atoms with van der Waals surface area (Å²) < 4.78 is 32.7. The molecule has 0 aliphatic heterocycles. The predicted octanol–water partition coefficient (Wildman–Crippen LogP) is 15.5. The number of hydrogen-bond donors (Lipinski definition) is 2. The zero-order valence-corrected chi connectivity index (χ0v) is 40.8. The number of phosphoric acid groups is 1. The third-order valence-corrected chi connectivity index (χ3v) is 12.3. The SMILES string of the molecule is CCCCCCC/C=C\C/C=C\CCCCCCCCCCCCCCCCCCCCCCCC(=O)OC(COC(=O)CCCCCCCCC)COP(=O)(O)OCCN. The molecule has 3 N–H and O–H groups in total.